The van der Waals surface area contributed by atoms with E-state index in [0.717, 1.165) is 16.0 Å². The van der Waals surface area contributed by atoms with E-state index in [-0.39, 0.29) is 0 Å². The van der Waals surface area contributed by atoms with Crippen LogP contribution in [0.25, 0.3) is 21.5 Å². The highest BCUT2D eigenvalue weighted by Gasteiger charge is 2.12. The molecular weight excluding hydrogens is 270 g/mol. The van der Waals surface area contributed by atoms with E-state index in [2.05, 4.69) is 15.0 Å². The minimum atomic E-state index is -0.485. The Balaban J connectivity index is 2.16. The number of halogens is 1. The molecule has 0 fully saturated rings. The van der Waals surface area contributed by atoms with Crippen LogP contribution in [0.4, 0.5) is 0 Å². The van der Waals surface area contributed by atoms with Gasteiger partial charge >= 0.3 is 0 Å². The molecule has 3 aromatic heterocycles. The quantitative estimate of drug-likeness (QED) is 0.674. The van der Waals surface area contributed by atoms with E-state index < -0.39 is 5.24 Å². The fraction of sp³-hybridized carbons (Fsp3) is 0. The Kier molecular flexibility index (Phi) is 2.77. The van der Waals surface area contributed by atoms with Gasteiger partial charge in [0.2, 0.25) is 0 Å². The molecule has 3 aromatic rings. The number of thiophene rings is 1. The Morgan fingerprint density at radius 1 is 1.22 bits per heavy atom. The van der Waals surface area contributed by atoms with E-state index in [1.54, 1.807) is 30.2 Å². The van der Waals surface area contributed by atoms with Crippen molar-refractivity contribution in [3.8, 4) is 11.3 Å². The van der Waals surface area contributed by atoms with Gasteiger partial charge in [-0.25, -0.2) is 0 Å². The zero-order valence-electron chi connectivity index (χ0n) is 9.00. The highest BCUT2D eigenvalue weighted by molar-refractivity contribution is 7.17. The van der Waals surface area contributed by atoms with Crippen LogP contribution in [0.2, 0.25) is 0 Å². The van der Waals surface area contributed by atoms with E-state index in [1.165, 1.54) is 11.3 Å². The Hall–Kier alpha value is -1.85. The van der Waals surface area contributed by atoms with Crippen molar-refractivity contribution in [2.24, 2.45) is 0 Å². The molecule has 0 bridgehead atoms. The minimum Gasteiger partial charge on any atom is -0.275 e. The lowest BCUT2D eigenvalue weighted by Gasteiger charge is -1.99. The van der Waals surface area contributed by atoms with Gasteiger partial charge in [0, 0.05) is 29.5 Å². The lowest BCUT2D eigenvalue weighted by molar-refractivity contribution is 0.108. The van der Waals surface area contributed by atoms with E-state index in [1.807, 2.05) is 6.07 Å². The summed E-state index contributed by atoms with van der Waals surface area (Å²) in [6.45, 7) is 0. The maximum atomic E-state index is 11.2. The van der Waals surface area contributed by atoms with Crippen LogP contribution in [0.3, 0.4) is 0 Å². The Bertz CT molecular complexity index is 727. The van der Waals surface area contributed by atoms with Crippen LogP contribution >= 0.6 is 22.9 Å². The number of pyridine rings is 1. The van der Waals surface area contributed by atoms with Gasteiger partial charge in [-0.15, -0.1) is 11.3 Å². The number of carbonyl (C=O) groups excluding carboxylic acids is 1. The standard InChI is InChI=1S/C12H6ClN3OS/c13-12(17)8-6-18-10-3-7(4-16-11(8)10)9-5-14-1-2-15-9/h1-6H. The Labute approximate surface area is 111 Å². The minimum absolute atomic E-state index is 0.447. The van der Waals surface area contributed by atoms with Crippen molar-refractivity contribution in [3.63, 3.8) is 0 Å². The maximum absolute atomic E-state index is 11.2. The van der Waals surface area contributed by atoms with E-state index >= 15 is 0 Å². The van der Waals surface area contributed by atoms with Crippen molar-refractivity contribution in [2.45, 2.75) is 0 Å². The molecule has 18 heavy (non-hydrogen) atoms. The second-order valence-electron chi connectivity index (χ2n) is 3.58. The van der Waals surface area contributed by atoms with Crippen LogP contribution in [0.1, 0.15) is 10.4 Å². The number of fused-ring (bicyclic) bond motifs is 1. The third-order valence-corrected chi connectivity index (χ3v) is 3.60. The molecule has 0 unspecified atom stereocenters. The number of hydrogen-bond donors (Lipinski definition) is 0. The van der Waals surface area contributed by atoms with Crippen LogP contribution in [0.15, 0.2) is 36.2 Å². The van der Waals surface area contributed by atoms with Gasteiger partial charge in [-0.05, 0) is 17.7 Å². The molecule has 6 heteroatoms. The number of carbonyl (C=O) groups is 1. The first-order valence-corrected chi connectivity index (χ1v) is 6.35. The summed E-state index contributed by atoms with van der Waals surface area (Å²) >= 11 is 6.92. The van der Waals surface area contributed by atoms with Crippen molar-refractivity contribution < 1.29 is 4.79 Å². The molecule has 0 N–H and O–H groups in total. The normalized spacial score (nSPS) is 10.7. The summed E-state index contributed by atoms with van der Waals surface area (Å²) in [5.41, 5.74) is 2.69. The zero-order chi connectivity index (χ0) is 12.5. The van der Waals surface area contributed by atoms with E-state index in [4.69, 9.17) is 11.6 Å². The molecule has 0 saturated heterocycles. The van der Waals surface area contributed by atoms with E-state index in [9.17, 15) is 4.79 Å². The van der Waals surface area contributed by atoms with Gasteiger partial charge in [0.25, 0.3) is 5.24 Å². The van der Waals surface area contributed by atoms with Gasteiger partial charge in [-0.3, -0.25) is 19.7 Å². The predicted octanol–water partition coefficient (Wildman–Crippen LogP) is 3.13. The van der Waals surface area contributed by atoms with Crippen LogP contribution in [-0.2, 0) is 0 Å². The fourth-order valence-electron chi connectivity index (χ4n) is 1.64. The smallest absolute Gasteiger partial charge is 0.255 e. The van der Waals surface area contributed by atoms with Gasteiger partial charge in [0.15, 0.2) is 0 Å². The van der Waals surface area contributed by atoms with Crippen LogP contribution in [0, 0.1) is 0 Å². The topological polar surface area (TPSA) is 55.7 Å². The molecule has 3 heterocycles. The van der Waals surface area contributed by atoms with Gasteiger partial charge in [-0.2, -0.15) is 0 Å². The third-order valence-electron chi connectivity index (χ3n) is 2.48. The SMILES string of the molecule is O=C(Cl)c1csc2cc(-c3cnccn3)cnc12. The van der Waals surface area contributed by atoms with Crippen molar-refractivity contribution in [3.05, 3.63) is 41.8 Å². The van der Waals surface area contributed by atoms with Crippen LogP contribution in [0.5, 0.6) is 0 Å². The summed E-state index contributed by atoms with van der Waals surface area (Å²) in [7, 11) is 0. The van der Waals surface area contributed by atoms with Gasteiger partial charge in [-0.1, -0.05) is 0 Å². The van der Waals surface area contributed by atoms with Gasteiger partial charge in [0.05, 0.1) is 27.7 Å². The molecule has 0 aromatic carbocycles. The second kappa shape index (κ2) is 4.44. The number of aromatic nitrogens is 3. The average Bonchev–Trinajstić information content (AvgIpc) is 2.82. The summed E-state index contributed by atoms with van der Waals surface area (Å²) in [5, 5.41) is 1.23. The third kappa shape index (κ3) is 1.87. The van der Waals surface area contributed by atoms with Gasteiger partial charge in [0.1, 0.15) is 0 Å². The Morgan fingerprint density at radius 2 is 2.11 bits per heavy atom. The highest BCUT2D eigenvalue weighted by Crippen LogP contribution is 2.28. The maximum Gasteiger partial charge on any atom is 0.255 e. The van der Waals surface area contributed by atoms with Gasteiger partial charge < -0.3 is 0 Å². The molecule has 0 saturated carbocycles. The summed E-state index contributed by atoms with van der Waals surface area (Å²) in [6.07, 6.45) is 6.58. The second-order valence-corrected chi connectivity index (χ2v) is 4.84. The Morgan fingerprint density at radius 3 is 2.83 bits per heavy atom. The molecule has 0 aliphatic heterocycles. The molecule has 0 atom stereocenters. The predicted molar refractivity (Wildman–Crippen MR) is 70.8 cm³/mol. The van der Waals surface area contributed by atoms with Crippen molar-refractivity contribution in [2.75, 3.05) is 0 Å². The molecule has 0 spiro atoms. The molecule has 3 rings (SSSR count). The molecule has 0 radical (unpaired) electrons. The first-order chi connectivity index (χ1) is 8.75. The first-order valence-electron chi connectivity index (χ1n) is 5.09. The monoisotopic (exact) mass is 275 g/mol. The fourth-order valence-corrected chi connectivity index (χ4v) is 2.78. The number of nitrogens with zero attached hydrogens (tertiary/aromatic N) is 3. The summed E-state index contributed by atoms with van der Waals surface area (Å²) in [6, 6.07) is 1.93. The van der Waals surface area contributed by atoms with Crippen LogP contribution in [-0.4, -0.2) is 20.2 Å². The molecule has 4 nitrogen and oxygen atoms in total. The summed E-state index contributed by atoms with van der Waals surface area (Å²) < 4.78 is 0.905. The first kappa shape index (κ1) is 11.3. The zero-order valence-corrected chi connectivity index (χ0v) is 10.6. The van der Waals surface area contributed by atoms with Crippen molar-refractivity contribution in [1.29, 1.82) is 0 Å². The molecule has 88 valence electrons. The van der Waals surface area contributed by atoms with Crippen molar-refractivity contribution in [1.82, 2.24) is 15.0 Å². The number of hydrogen-bond acceptors (Lipinski definition) is 5. The molecular formula is C12H6ClN3OS. The van der Waals surface area contributed by atoms with Crippen LogP contribution < -0.4 is 0 Å². The lowest BCUT2D eigenvalue weighted by atomic mass is 10.2. The largest absolute Gasteiger partial charge is 0.275 e. The van der Waals surface area contributed by atoms with E-state index in [0.29, 0.717) is 11.1 Å². The molecule has 0 aliphatic carbocycles. The average molecular weight is 276 g/mol. The lowest BCUT2D eigenvalue weighted by Crippen LogP contribution is -1.89. The highest BCUT2D eigenvalue weighted by atomic mass is 35.5. The molecule has 0 amide bonds. The summed E-state index contributed by atoms with van der Waals surface area (Å²) in [4.78, 5) is 23.7. The van der Waals surface area contributed by atoms with Crippen molar-refractivity contribution >= 4 is 38.4 Å². The summed E-state index contributed by atoms with van der Waals surface area (Å²) in [5.74, 6) is 0. The number of rotatable bonds is 2. The molecule has 0 aliphatic rings.